The molecule has 0 aromatic heterocycles. The Bertz CT molecular complexity index is 310. The minimum Gasteiger partial charge on any atom is -0.439 e. The summed E-state index contributed by atoms with van der Waals surface area (Å²) in [7, 11) is 0. The number of hydrogen-bond acceptors (Lipinski definition) is 2. The normalized spacial score (nSPS) is 26.7. The van der Waals surface area contributed by atoms with E-state index in [1.165, 1.54) is 0 Å². The third-order valence-electron chi connectivity index (χ3n) is 2.16. The maximum atomic E-state index is 10.9. The number of nitrogens with one attached hydrogen (secondary N) is 1. The summed E-state index contributed by atoms with van der Waals surface area (Å²) in [6.07, 6.45) is -0.477. The Morgan fingerprint density at radius 1 is 1.38 bits per heavy atom. The number of alkyl carbamates (subject to hydrolysis) is 1. The quantitative estimate of drug-likeness (QED) is 0.732. The number of cyclic esters (lactones) is 1. The molecule has 0 spiro atoms. The Labute approximate surface area is 76.7 Å². The molecular formula is C10H11NO2. The molecule has 1 fully saturated rings. The molecule has 1 aromatic rings. The first-order valence-electron chi connectivity index (χ1n) is 4.29. The Morgan fingerprint density at radius 3 is 2.62 bits per heavy atom. The van der Waals surface area contributed by atoms with Crippen molar-refractivity contribution >= 4 is 6.09 Å². The molecule has 2 atom stereocenters. The highest BCUT2D eigenvalue weighted by Crippen LogP contribution is 2.25. The second-order valence-electron chi connectivity index (χ2n) is 3.17. The summed E-state index contributed by atoms with van der Waals surface area (Å²) < 4.78 is 5.11. The van der Waals surface area contributed by atoms with Crippen molar-refractivity contribution in [2.24, 2.45) is 0 Å². The SMILES string of the molecule is C[C@@H]1NC(=O)OC1[14c]1[14cH][14cH][14cH][14cH][14cH]1. The first-order valence-corrected chi connectivity index (χ1v) is 4.29. The van der Waals surface area contributed by atoms with Crippen LogP contribution >= 0.6 is 0 Å². The third kappa shape index (κ3) is 1.49. The van der Waals surface area contributed by atoms with Crippen molar-refractivity contribution in [3.63, 3.8) is 0 Å². The lowest BCUT2D eigenvalue weighted by molar-refractivity contribution is 0.134. The van der Waals surface area contributed by atoms with Crippen LogP contribution in [0.2, 0.25) is 0 Å². The maximum absolute atomic E-state index is 10.9. The molecule has 3 nitrogen and oxygen atoms in total. The van der Waals surface area contributed by atoms with Gasteiger partial charge in [0.05, 0.1) is 6.04 Å². The van der Waals surface area contributed by atoms with Gasteiger partial charge in [0.2, 0.25) is 0 Å². The summed E-state index contributed by atoms with van der Waals surface area (Å²) in [5.74, 6) is 0. The second-order valence-corrected chi connectivity index (χ2v) is 3.17. The Hall–Kier alpha value is -1.51. The molecule has 1 aromatic carbocycles. The van der Waals surface area contributed by atoms with Gasteiger partial charge in [0.1, 0.15) is 6.10 Å². The van der Waals surface area contributed by atoms with Crippen LogP contribution in [0, 0.1) is 0 Å². The van der Waals surface area contributed by atoms with Gasteiger partial charge >= 0.3 is 6.09 Å². The topological polar surface area (TPSA) is 38.3 Å². The Morgan fingerprint density at radius 2 is 2.08 bits per heavy atom. The summed E-state index contributed by atoms with van der Waals surface area (Å²) in [5.41, 5.74) is 1.04. The van der Waals surface area contributed by atoms with E-state index >= 15 is 0 Å². The number of amides is 1. The summed E-state index contributed by atoms with van der Waals surface area (Å²) in [4.78, 5) is 10.9. The van der Waals surface area contributed by atoms with Gasteiger partial charge < -0.3 is 10.1 Å². The summed E-state index contributed by atoms with van der Waals surface area (Å²) in [5, 5.41) is 2.70. The molecular weight excluding hydrogens is 178 g/mol. The first kappa shape index (κ1) is 8.10. The van der Waals surface area contributed by atoms with Crippen LogP contribution in [0.4, 0.5) is 4.79 Å². The zero-order valence-corrected chi connectivity index (χ0v) is 7.36. The molecule has 1 amide bonds. The van der Waals surface area contributed by atoms with Crippen molar-refractivity contribution in [2.45, 2.75) is 19.1 Å². The van der Waals surface area contributed by atoms with Crippen LogP contribution in [-0.4, -0.2) is 12.1 Å². The molecule has 68 valence electrons. The van der Waals surface area contributed by atoms with Crippen LogP contribution in [0.25, 0.3) is 0 Å². The molecule has 1 aliphatic rings. The molecule has 3 heteroatoms. The highest BCUT2D eigenvalue weighted by Gasteiger charge is 2.31. The highest BCUT2D eigenvalue weighted by molar-refractivity contribution is 5.70. The third-order valence-corrected chi connectivity index (χ3v) is 2.16. The molecule has 2 rings (SSSR count). The standard InChI is InChI=1S/C10H11NO2/c1-7-9(13-10(12)11-7)8-5-3-2-4-6-8/h2-7,9H,1H3,(H,11,12)/t7-,9?/m0/s1/i2+2,3+2,4+2,5+2,6+2,8+2. The van der Waals surface area contributed by atoms with Gasteiger partial charge in [-0.1, -0.05) is 30.3 Å². The van der Waals surface area contributed by atoms with E-state index in [0.29, 0.717) is 0 Å². The molecule has 1 heterocycles. The van der Waals surface area contributed by atoms with E-state index in [9.17, 15) is 4.79 Å². The Balaban J connectivity index is 2.23. The zero-order valence-electron chi connectivity index (χ0n) is 7.36. The van der Waals surface area contributed by atoms with Crippen molar-refractivity contribution in [2.75, 3.05) is 0 Å². The second kappa shape index (κ2) is 3.09. The number of ether oxygens (including phenoxy) is 1. The molecule has 0 bridgehead atoms. The number of carbonyl (C=O) groups excluding carboxylic acids is 1. The minimum atomic E-state index is -0.332. The highest BCUT2D eigenvalue weighted by atomic mass is 16.6. The van der Waals surface area contributed by atoms with Gasteiger partial charge in [0.15, 0.2) is 0 Å². The lowest BCUT2D eigenvalue weighted by atomic mass is 10.3. The van der Waals surface area contributed by atoms with E-state index in [-0.39, 0.29) is 18.2 Å². The van der Waals surface area contributed by atoms with Crippen LogP contribution in [0.3, 0.4) is 0 Å². The van der Waals surface area contributed by atoms with Crippen LogP contribution in [0.5, 0.6) is 0 Å². The van der Waals surface area contributed by atoms with Gasteiger partial charge in [0, 0.05) is 0 Å². The maximum Gasteiger partial charge on any atom is 0.408 e. The summed E-state index contributed by atoms with van der Waals surface area (Å²) >= 11 is 0. The fourth-order valence-electron chi connectivity index (χ4n) is 1.51. The van der Waals surface area contributed by atoms with Gasteiger partial charge in [-0.25, -0.2) is 4.79 Å². The molecule has 1 unspecified atom stereocenters. The van der Waals surface area contributed by atoms with E-state index in [4.69, 9.17) is 4.74 Å². The predicted molar refractivity (Wildman–Crippen MR) is 48.3 cm³/mol. The molecule has 1 saturated heterocycles. The van der Waals surface area contributed by atoms with E-state index in [0.717, 1.165) is 5.56 Å². The van der Waals surface area contributed by atoms with Gasteiger partial charge in [-0.15, -0.1) is 0 Å². The van der Waals surface area contributed by atoms with Gasteiger partial charge in [-0.05, 0) is 12.5 Å². The van der Waals surface area contributed by atoms with E-state index in [1.54, 1.807) is 0 Å². The molecule has 13 heavy (non-hydrogen) atoms. The lowest BCUT2D eigenvalue weighted by Gasteiger charge is -2.12. The number of hydrogen-bond donors (Lipinski definition) is 1. The average Bonchev–Trinajstić information content (AvgIpc) is 2.47. The van der Waals surface area contributed by atoms with E-state index in [1.807, 2.05) is 37.3 Å². The van der Waals surface area contributed by atoms with Crippen molar-refractivity contribution in [1.29, 1.82) is 0 Å². The lowest BCUT2D eigenvalue weighted by Crippen LogP contribution is -2.23. The predicted octanol–water partition coefficient (Wildman–Crippen LogP) is 1.86. The zero-order chi connectivity index (χ0) is 9.26. The number of rotatable bonds is 1. The Kier molecular flexibility index (Phi) is 1.93. The molecule has 0 radical (unpaired) electrons. The summed E-state index contributed by atoms with van der Waals surface area (Å²) in [6.45, 7) is 1.93. The number of benzene rings is 1. The first-order chi connectivity index (χ1) is 6.27. The average molecular weight is 189 g/mol. The van der Waals surface area contributed by atoms with Gasteiger partial charge in [-0.2, -0.15) is 0 Å². The van der Waals surface area contributed by atoms with Crippen molar-refractivity contribution < 1.29 is 9.53 Å². The number of carbonyl (C=O) groups is 1. The molecule has 1 N–H and O–H groups in total. The van der Waals surface area contributed by atoms with Gasteiger partial charge in [-0.3, -0.25) is 0 Å². The molecule has 1 aliphatic heterocycles. The van der Waals surface area contributed by atoms with E-state index in [2.05, 4.69) is 5.32 Å². The van der Waals surface area contributed by atoms with Crippen LogP contribution < -0.4 is 5.32 Å². The van der Waals surface area contributed by atoms with Crippen molar-refractivity contribution in [3.8, 4) is 0 Å². The van der Waals surface area contributed by atoms with Crippen LogP contribution in [0.1, 0.15) is 18.6 Å². The molecule has 0 saturated carbocycles. The van der Waals surface area contributed by atoms with Crippen molar-refractivity contribution in [3.05, 3.63) is 35.9 Å². The van der Waals surface area contributed by atoms with E-state index < -0.39 is 0 Å². The smallest absolute Gasteiger partial charge is 0.408 e. The van der Waals surface area contributed by atoms with Crippen LogP contribution in [0.15, 0.2) is 30.3 Å². The fraction of sp³-hybridized carbons (Fsp3) is 0.300. The van der Waals surface area contributed by atoms with Crippen molar-refractivity contribution in [1.82, 2.24) is 5.32 Å². The van der Waals surface area contributed by atoms with Gasteiger partial charge in [0.25, 0.3) is 0 Å². The largest absolute Gasteiger partial charge is 0.439 e. The monoisotopic (exact) mass is 189 g/mol. The molecule has 0 aliphatic carbocycles. The van der Waals surface area contributed by atoms with Crippen LogP contribution in [-0.2, 0) is 4.74 Å². The minimum absolute atomic E-state index is 0.0508. The summed E-state index contributed by atoms with van der Waals surface area (Å²) in [6, 6.07) is 9.79. The fourth-order valence-corrected chi connectivity index (χ4v) is 1.51.